The standard InChI is InChI=1S/C15F14/c16-4-1-2(5(17)9(21)8(4)20)14(26,15(27,28)29)13(1,25)3-6(18)10(22)12(24)11(23)7(3)19. The van der Waals surface area contributed by atoms with Gasteiger partial charge in [-0.25, -0.2) is 48.3 Å². The van der Waals surface area contributed by atoms with Crippen LogP contribution >= 0.6 is 0 Å². The molecule has 0 spiro atoms. The van der Waals surface area contributed by atoms with Crippen molar-refractivity contribution in [2.75, 3.05) is 0 Å². The fraction of sp³-hybridized carbons (Fsp3) is 0.200. The molecule has 0 heterocycles. The van der Waals surface area contributed by atoms with Crippen molar-refractivity contribution in [3.8, 4) is 0 Å². The normalized spacial score (nSPS) is 23.8. The summed E-state index contributed by atoms with van der Waals surface area (Å²) in [4.78, 5) is 0. The molecule has 1 aliphatic rings. The van der Waals surface area contributed by atoms with Crippen molar-refractivity contribution in [1.29, 1.82) is 0 Å². The summed E-state index contributed by atoms with van der Waals surface area (Å²) in [5.41, 5.74) is -20.6. The number of rotatable bonds is 1. The molecule has 2 unspecified atom stereocenters. The van der Waals surface area contributed by atoms with Gasteiger partial charge in [0.1, 0.15) is 0 Å². The molecule has 0 fully saturated rings. The Morgan fingerprint density at radius 3 is 1.03 bits per heavy atom. The summed E-state index contributed by atoms with van der Waals surface area (Å²) in [6, 6.07) is 0. The fourth-order valence-electron chi connectivity index (χ4n) is 3.10. The maximum absolute atomic E-state index is 15.2. The van der Waals surface area contributed by atoms with Crippen LogP contribution in [-0.4, -0.2) is 6.18 Å². The average molecular weight is 446 g/mol. The van der Waals surface area contributed by atoms with Crippen LogP contribution in [0.4, 0.5) is 61.5 Å². The smallest absolute Gasteiger partial charge is 0.229 e. The zero-order valence-corrected chi connectivity index (χ0v) is 12.8. The Bertz CT molecular complexity index is 1040. The lowest BCUT2D eigenvalue weighted by molar-refractivity contribution is -0.294. The number of hydrogen-bond acceptors (Lipinski definition) is 0. The van der Waals surface area contributed by atoms with Crippen LogP contribution in [0, 0.1) is 52.4 Å². The number of alkyl halides is 5. The minimum atomic E-state index is -6.76. The lowest BCUT2D eigenvalue weighted by Crippen LogP contribution is -2.64. The molecule has 14 heteroatoms. The Balaban J connectivity index is 2.60. The van der Waals surface area contributed by atoms with Crippen molar-refractivity contribution in [2.45, 2.75) is 17.5 Å². The molecular weight excluding hydrogens is 446 g/mol. The van der Waals surface area contributed by atoms with Gasteiger partial charge in [-0.2, -0.15) is 13.2 Å². The first kappa shape index (κ1) is 21.2. The van der Waals surface area contributed by atoms with Crippen LogP contribution in [0.25, 0.3) is 0 Å². The zero-order chi connectivity index (χ0) is 22.4. The molecule has 2 aromatic carbocycles. The van der Waals surface area contributed by atoms with Crippen LogP contribution in [-0.2, 0) is 11.3 Å². The van der Waals surface area contributed by atoms with E-state index in [0.717, 1.165) is 0 Å². The Labute approximate surface area is 149 Å². The van der Waals surface area contributed by atoms with Gasteiger partial charge in [-0.3, -0.25) is 0 Å². The van der Waals surface area contributed by atoms with E-state index in [9.17, 15) is 57.1 Å². The van der Waals surface area contributed by atoms with Crippen molar-refractivity contribution in [2.24, 2.45) is 0 Å². The Kier molecular flexibility index (Phi) is 4.20. The van der Waals surface area contributed by atoms with Gasteiger partial charge in [0.25, 0.3) is 5.67 Å². The Hall–Kier alpha value is -2.54. The first-order chi connectivity index (χ1) is 13.1. The van der Waals surface area contributed by atoms with Crippen LogP contribution in [0.1, 0.15) is 16.7 Å². The van der Waals surface area contributed by atoms with Crippen LogP contribution in [0.15, 0.2) is 0 Å². The highest BCUT2D eigenvalue weighted by Gasteiger charge is 2.83. The van der Waals surface area contributed by atoms with E-state index < -0.39 is 86.6 Å². The molecule has 0 amide bonds. The number of fused-ring (bicyclic) bond motifs is 1. The van der Waals surface area contributed by atoms with Crippen molar-refractivity contribution in [3.63, 3.8) is 0 Å². The topological polar surface area (TPSA) is 0 Å². The van der Waals surface area contributed by atoms with Crippen molar-refractivity contribution >= 4 is 0 Å². The lowest BCUT2D eigenvalue weighted by Gasteiger charge is -2.50. The highest BCUT2D eigenvalue weighted by atomic mass is 19.4. The first-order valence-corrected chi connectivity index (χ1v) is 6.90. The van der Waals surface area contributed by atoms with E-state index >= 15 is 4.39 Å². The first-order valence-electron chi connectivity index (χ1n) is 6.90. The van der Waals surface area contributed by atoms with Gasteiger partial charge in [-0.05, 0) is 0 Å². The molecular formula is C15F14. The fourth-order valence-corrected chi connectivity index (χ4v) is 3.10. The van der Waals surface area contributed by atoms with Gasteiger partial charge < -0.3 is 0 Å². The monoisotopic (exact) mass is 446 g/mol. The summed E-state index contributed by atoms with van der Waals surface area (Å²) in [5.74, 6) is -28.1. The maximum atomic E-state index is 15.2. The average Bonchev–Trinajstić information content (AvgIpc) is 2.63. The number of hydrogen-bond donors (Lipinski definition) is 0. The predicted octanol–water partition coefficient (Wildman–Crippen LogP) is 5.89. The van der Waals surface area contributed by atoms with Crippen LogP contribution in [0.2, 0.25) is 0 Å². The van der Waals surface area contributed by atoms with E-state index in [4.69, 9.17) is 0 Å². The van der Waals surface area contributed by atoms with E-state index in [1.807, 2.05) is 0 Å². The Morgan fingerprint density at radius 2 is 0.690 bits per heavy atom. The minimum absolute atomic E-state index is 2.75. The zero-order valence-electron chi connectivity index (χ0n) is 12.8. The van der Waals surface area contributed by atoms with Crippen LogP contribution < -0.4 is 0 Å². The lowest BCUT2D eigenvalue weighted by atomic mass is 9.58. The minimum Gasteiger partial charge on any atom is -0.229 e. The highest BCUT2D eigenvalue weighted by molar-refractivity contribution is 5.61. The van der Waals surface area contributed by atoms with Crippen LogP contribution in [0.5, 0.6) is 0 Å². The molecule has 0 N–H and O–H groups in total. The molecule has 0 saturated heterocycles. The van der Waals surface area contributed by atoms with E-state index in [0.29, 0.717) is 0 Å². The van der Waals surface area contributed by atoms with Gasteiger partial charge in [0.15, 0.2) is 46.5 Å². The maximum Gasteiger partial charge on any atom is 0.430 e. The van der Waals surface area contributed by atoms with Gasteiger partial charge >= 0.3 is 6.18 Å². The van der Waals surface area contributed by atoms with Gasteiger partial charge in [-0.1, -0.05) is 0 Å². The second-order valence-electron chi connectivity index (χ2n) is 5.77. The molecule has 0 saturated carbocycles. The summed E-state index contributed by atoms with van der Waals surface area (Å²) in [7, 11) is 0. The third-order valence-corrected chi connectivity index (χ3v) is 4.38. The number of benzene rings is 2. The van der Waals surface area contributed by atoms with E-state index in [1.165, 1.54) is 0 Å². The molecule has 1 aliphatic carbocycles. The third-order valence-electron chi connectivity index (χ3n) is 4.38. The van der Waals surface area contributed by atoms with Crippen molar-refractivity contribution in [3.05, 3.63) is 69.0 Å². The molecule has 0 aromatic heterocycles. The SMILES string of the molecule is Fc1c(F)c(F)c(C2(F)c3c(F)c(F)c(F)c(F)c3C2(F)C(F)(F)F)c(F)c1F. The molecule has 29 heavy (non-hydrogen) atoms. The van der Waals surface area contributed by atoms with Gasteiger partial charge in [0.2, 0.25) is 11.5 Å². The second-order valence-corrected chi connectivity index (χ2v) is 5.77. The van der Waals surface area contributed by atoms with Crippen LogP contribution in [0.3, 0.4) is 0 Å². The molecule has 0 nitrogen and oxygen atoms in total. The summed E-state index contributed by atoms with van der Waals surface area (Å²) >= 11 is 0. The summed E-state index contributed by atoms with van der Waals surface area (Å²) < 4.78 is 191. The van der Waals surface area contributed by atoms with Crippen molar-refractivity contribution < 1.29 is 61.5 Å². The second kappa shape index (κ2) is 5.75. The van der Waals surface area contributed by atoms with Crippen molar-refractivity contribution in [1.82, 2.24) is 0 Å². The Morgan fingerprint density at radius 1 is 0.414 bits per heavy atom. The number of halogens is 14. The molecule has 0 aliphatic heterocycles. The van der Waals surface area contributed by atoms with Gasteiger partial charge in [0, 0.05) is 5.56 Å². The molecule has 2 aromatic rings. The molecule has 0 bridgehead atoms. The summed E-state index contributed by atoms with van der Waals surface area (Å²) in [6.07, 6.45) is -6.76. The quantitative estimate of drug-likeness (QED) is 0.291. The predicted molar refractivity (Wildman–Crippen MR) is 63.2 cm³/mol. The van der Waals surface area contributed by atoms with E-state index in [1.54, 1.807) is 0 Å². The van der Waals surface area contributed by atoms with E-state index in [-0.39, 0.29) is 0 Å². The van der Waals surface area contributed by atoms with Gasteiger partial charge in [-0.15, -0.1) is 0 Å². The third kappa shape index (κ3) is 2.11. The molecule has 3 rings (SSSR count). The largest absolute Gasteiger partial charge is 0.430 e. The summed E-state index contributed by atoms with van der Waals surface area (Å²) in [6.45, 7) is 0. The van der Waals surface area contributed by atoms with Gasteiger partial charge in [0.05, 0.1) is 11.1 Å². The summed E-state index contributed by atoms with van der Waals surface area (Å²) in [5, 5.41) is 0. The highest BCUT2D eigenvalue weighted by Crippen LogP contribution is 2.69. The molecule has 0 radical (unpaired) electrons. The van der Waals surface area contributed by atoms with E-state index in [2.05, 4.69) is 0 Å². The molecule has 158 valence electrons. The molecule has 2 atom stereocenters.